The molecule has 2 aromatic heterocycles. The summed E-state index contributed by atoms with van der Waals surface area (Å²) >= 11 is 0. The van der Waals surface area contributed by atoms with Crippen LogP contribution in [0.25, 0.3) is 21.9 Å². The van der Waals surface area contributed by atoms with Gasteiger partial charge in [0.2, 0.25) is 0 Å². The number of hydrogen-bond acceptors (Lipinski definition) is 4. The number of para-hydroxylation sites is 1. The van der Waals surface area contributed by atoms with Gasteiger partial charge in [0, 0.05) is 30.8 Å². The summed E-state index contributed by atoms with van der Waals surface area (Å²) in [5.41, 5.74) is 7.27. The van der Waals surface area contributed by atoms with E-state index in [4.69, 9.17) is 5.73 Å². The number of nitrogens with two attached hydrogens (primary N) is 1. The number of ketones is 1. The zero-order chi connectivity index (χ0) is 23.7. The molecule has 5 nitrogen and oxygen atoms in total. The van der Waals surface area contributed by atoms with Gasteiger partial charge in [0.25, 0.3) is 0 Å². The van der Waals surface area contributed by atoms with Crippen LogP contribution in [0.15, 0.2) is 30.3 Å². The highest BCUT2D eigenvalue weighted by Gasteiger charge is 2.24. The first-order chi connectivity index (χ1) is 15.8. The van der Waals surface area contributed by atoms with Crippen molar-refractivity contribution in [2.75, 3.05) is 5.73 Å². The van der Waals surface area contributed by atoms with Crippen LogP contribution in [0.1, 0.15) is 48.8 Å². The molecule has 172 valence electrons. The number of benzene rings is 2. The Kier molecular flexibility index (Phi) is 6.31. The molecule has 0 bridgehead atoms. The Morgan fingerprint density at radius 3 is 2.39 bits per heavy atom. The number of unbranched alkanes of at least 4 members (excludes halogenated alkanes) is 2. The summed E-state index contributed by atoms with van der Waals surface area (Å²) in [7, 11) is 0. The van der Waals surface area contributed by atoms with Gasteiger partial charge < -0.3 is 10.3 Å². The number of nitrogen functional groups attached to an aromatic ring is 1. The van der Waals surface area contributed by atoms with E-state index in [0.717, 1.165) is 22.2 Å². The summed E-state index contributed by atoms with van der Waals surface area (Å²) < 4.78 is 56.4. The van der Waals surface area contributed by atoms with Crippen LogP contribution in [-0.2, 0) is 13.0 Å². The molecule has 0 radical (unpaired) electrons. The molecule has 0 saturated carbocycles. The molecule has 0 saturated heterocycles. The summed E-state index contributed by atoms with van der Waals surface area (Å²) in [6, 6.07) is 7.74. The molecule has 0 aliphatic rings. The van der Waals surface area contributed by atoms with Gasteiger partial charge in [0.1, 0.15) is 11.3 Å². The molecule has 0 aliphatic carbocycles. The lowest BCUT2D eigenvalue weighted by Gasteiger charge is -2.10. The minimum absolute atomic E-state index is 0.0914. The molecular formula is C24H22F4N4O. The zero-order valence-electron chi connectivity index (χ0n) is 18.0. The van der Waals surface area contributed by atoms with Gasteiger partial charge in [-0.25, -0.2) is 27.5 Å². The van der Waals surface area contributed by atoms with E-state index in [1.165, 1.54) is 0 Å². The summed E-state index contributed by atoms with van der Waals surface area (Å²) in [4.78, 5) is 21.3. The molecule has 0 unspecified atom stereocenters. The number of carbonyl (C=O) groups excluding carboxylic acids is 1. The standard InChI is InChI=1S/C24H22F4N4O/c1-2-18-31-22-23(13-8-5-6-9-16(13)30-24(22)29)32(18)11-7-3-4-10-17(33)19-20(27)14(25)12-15(26)21(19)28/h5-6,8-9,12H,2-4,7,10-11H2,1H3,(H2,29,30). The fraction of sp³-hybridized carbons (Fsp3) is 0.292. The molecule has 2 heterocycles. The molecular weight excluding hydrogens is 436 g/mol. The minimum atomic E-state index is -1.66. The highest BCUT2D eigenvalue weighted by Crippen LogP contribution is 2.29. The highest BCUT2D eigenvalue weighted by molar-refractivity contribution is 6.06. The number of Topliss-reactive ketones (excluding diaryl/α,β-unsaturated/α-hetero) is 1. The van der Waals surface area contributed by atoms with E-state index in [0.29, 0.717) is 43.6 Å². The van der Waals surface area contributed by atoms with Crippen LogP contribution in [0.4, 0.5) is 23.4 Å². The van der Waals surface area contributed by atoms with Crippen LogP contribution in [-0.4, -0.2) is 20.3 Å². The maximum absolute atomic E-state index is 13.8. The third-order valence-electron chi connectivity index (χ3n) is 5.68. The monoisotopic (exact) mass is 458 g/mol. The van der Waals surface area contributed by atoms with E-state index in [-0.39, 0.29) is 12.5 Å². The predicted octanol–water partition coefficient (Wildman–Crippen LogP) is 5.73. The Bertz CT molecular complexity index is 1340. The average Bonchev–Trinajstić information content (AvgIpc) is 3.17. The first kappa shape index (κ1) is 22.7. The molecule has 2 N–H and O–H groups in total. The van der Waals surface area contributed by atoms with E-state index in [1.807, 2.05) is 31.2 Å². The second kappa shape index (κ2) is 9.17. The number of nitrogens with zero attached hydrogens (tertiary/aromatic N) is 3. The Balaban J connectivity index is 1.48. The molecule has 0 fully saturated rings. The maximum Gasteiger partial charge on any atom is 0.172 e. The third kappa shape index (κ3) is 4.15. The summed E-state index contributed by atoms with van der Waals surface area (Å²) in [6.07, 6.45) is 2.00. The topological polar surface area (TPSA) is 73.8 Å². The lowest BCUT2D eigenvalue weighted by Crippen LogP contribution is -2.10. The quantitative estimate of drug-likeness (QED) is 0.158. The van der Waals surface area contributed by atoms with Gasteiger partial charge in [-0.1, -0.05) is 31.5 Å². The molecule has 0 atom stereocenters. The molecule has 33 heavy (non-hydrogen) atoms. The van der Waals surface area contributed by atoms with Crippen molar-refractivity contribution in [3.63, 3.8) is 0 Å². The Labute approximate surface area is 187 Å². The van der Waals surface area contributed by atoms with Crippen molar-refractivity contribution in [3.05, 3.63) is 65.0 Å². The minimum Gasteiger partial charge on any atom is -0.382 e. The van der Waals surface area contributed by atoms with Crippen LogP contribution in [0.5, 0.6) is 0 Å². The van der Waals surface area contributed by atoms with Crippen molar-refractivity contribution in [1.82, 2.24) is 14.5 Å². The number of carbonyl (C=O) groups is 1. The van der Waals surface area contributed by atoms with E-state index >= 15 is 0 Å². The van der Waals surface area contributed by atoms with E-state index in [2.05, 4.69) is 14.5 Å². The zero-order valence-corrected chi connectivity index (χ0v) is 18.0. The number of hydrogen-bond donors (Lipinski definition) is 1. The fourth-order valence-electron chi connectivity index (χ4n) is 4.09. The molecule has 2 aromatic carbocycles. The number of aromatic nitrogens is 3. The van der Waals surface area contributed by atoms with Crippen molar-refractivity contribution in [2.45, 2.75) is 45.6 Å². The van der Waals surface area contributed by atoms with Gasteiger partial charge >= 0.3 is 0 Å². The number of fused-ring (bicyclic) bond motifs is 3. The van der Waals surface area contributed by atoms with Crippen LogP contribution >= 0.6 is 0 Å². The highest BCUT2D eigenvalue weighted by atomic mass is 19.2. The smallest absolute Gasteiger partial charge is 0.172 e. The first-order valence-corrected chi connectivity index (χ1v) is 10.7. The molecule has 4 aromatic rings. The molecule has 0 aliphatic heterocycles. The van der Waals surface area contributed by atoms with Crippen LogP contribution in [0.3, 0.4) is 0 Å². The average molecular weight is 458 g/mol. The van der Waals surface area contributed by atoms with Gasteiger partial charge in [-0.3, -0.25) is 4.79 Å². The molecule has 9 heteroatoms. The van der Waals surface area contributed by atoms with Gasteiger partial charge in [-0.15, -0.1) is 0 Å². The normalized spacial score (nSPS) is 11.5. The van der Waals surface area contributed by atoms with Gasteiger partial charge in [0.15, 0.2) is 34.9 Å². The fourth-order valence-corrected chi connectivity index (χ4v) is 4.09. The molecule has 0 spiro atoms. The van der Waals surface area contributed by atoms with Gasteiger partial charge in [-0.05, 0) is 18.9 Å². The third-order valence-corrected chi connectivity index (χ3v) is 5.68. The Morgan fingerprint density at radius 2 is 1.70 bits per heavy atom. The molecule has 4 rings (SSSR count). The van der Waals surface area contributed by atoms with Crippen LogP contribution in [0, 0.1) is 23.3 Å². The van der Waals surface area contributed by atoms with E-state index in [9.17, 15) is 22.4 Å². The maximum atomic E-state index is 13.8. The number of imidazole rings is 1. The largest absolute Gasteiger partial charge is 0.382 e. The van der Waals surface area contributed by atoms with Gasteiger partial charge in [-0.2, -0.15) is 0 Å². The number of rotatable bonds is 8. The lowest BCUT2D eigenvalue weighted by molar-refractivity contribution is 0.0968. The summed E-state index contributed by atoms with van der Waals surface area (Å²) in [5, 5.41) is 0.933. The van der Waals surface area contributed by atoms with Crippen LogP contribution < -0.4 is 5.73 Å². The van der Waals surface area contributed by atoms with Crippen molar-refractivity contribution in [3.8, 4) is 0 Å². The first-order valence-electron chi connectivity index (χ1n) is 10.7. The number of anilines is 1. The van der Waals surface area contributed by atoms with Crippen molar-refractivity contribution in [1.29, 1.82) is 0 Å². The Morgan fingerprint density at radius 1 is 1.00 bits per heavy atom. The van der Waals surface area contributed by atoms with Crippen molar-refractivity contribution >= 4 is 33.5 Å². The number of pyridine rings is 1. The number of aryl methyl sites for hydroxylation is 2. The summed E-state index contributed by atoms with van der Waals surface area (Å²) in [6.45, 7) is 2.59. The molecule has 0 amide bonds. The van der Waals surface area contributed by atoms with Crippen molar-refractivity contribution < 1.29 is 22.4 Å². The van der Waals surface area contributed by atoms with Gasteiger partial charge in [0.05, 0.1) is 16.6 Å². The van der Waals surface area contributed by atoms with Crippen molar-refractivity contribution in [2.24, 2.45) is 0 Å². The van der Waals surface area contributed by atoms with Crippen LogP contribution in [0.2, 0.25) is 0 Å². The SMILES string of the molecule is CCc1nc2c(N)nc3ccccc3c2n1CCCCCC(=O)c1c(F)c(F)cc(F)c1F. The lowest BCUT2D eigenvalue weighted by atomic mass is 10.0. The summed E-state index contributed by atoms with van der Waals surface area (Å²) in [5.74, 6) is -6.24. The second-order valence-corrected chi connectivity index (χ2v) is 7.82. The predicted molar refractivity (Wildman–Crippen MR) is 118 cm³/mol. The number of halogens is 4. The second-order valence-electron chi connectivity index (χ2n) is 7.82. The van der Waals surface area contributed by atoms with E-state index < -0.39 is 34.6 Å². The van der Waals surface area contributed by atoms with E-state index in [1.54, 1.807) is 0 Å². The Hall–Kier alpha value is -3.49.